The Hall–Kier alpha value is 0. The number of hydrogen-bond donors (Lipinski definition) is 0. The first kappa shape index (κ1) is 37.0. The monoisotopic (exact) mass is 521 g/mol. The highest BCUT2D eigenvalue weighted by Crippen LogP contribution is 2.25. The summed E-state index contributed by atoms with van der Waals surface area (Å²) >= 11 is 0. The lowest BCUT2D eigenvalue weighted by molar-refractivity contribution is 0.365. The van der Waals surface area contributed by atoms with Crippen LogP contribution in [0.4, 0.5) is 0 Å². The van der Waals surface area contributed by atoms with Gasteiger partial charge in [-0.25, -0.2) is 0 Å². The van der Waals surface area contributed by atoms with Crippen molar-refractivity contribution >= 4 is 0 Å². The molecule has 0 bridgehead atoms. The number of rotatable bonds is 33. The fourth-order valence-electron chi connectivity index (χ4n) is 6.19. The topological polar surface area (TPSA) is 0 Å². The quantitative estimate of drug-likeness (QED) is 0.0754. The minimum Gasteiger partial charge on any atom is -0.0654 e. The molecule has 0 aliphatic carbocycles. The first-order valence-corrected chi connectivity index (χ1v) is 18.3. The van der Waals surface area contributed by atoms with Gasteiger partial charge in [-0.3, -0.25) is 0 Å². The average Bonchev–Trinajstić information content (AvgIpc) is 2.91. The van der Waals surface area contributed by atoms with E-state index < -0.39 is 0 Å². The Morgan fingerprint density at radius 3 is 0.568 bits per heavy atom. The van der Waals surface area contributed by atoms with E-state index in [0.29, 0.717) is 0 Å². The fourth-order valence-corrected chi connectivity index (χ4v) is 6.19. The molecule has 0 rings (SSSR count). The van der Waals surface area contributed by atoms with Crippen molar-refractivity contribution in [2.75, 3.05) is 0 Å². The zero-order valence-electron chi connectivity index (χ0n) is 26.9. The molecule has 0 aromatic carbocycles. The summed E-state index contributed by atoms with van der Waals surface area (Å²) in [5.74, 6) is 1.04. The lowest BCUT2D eigenvalue weighted by Crippen LogP contribution is -2.01. The summed E-state index contributed by atoms with van der Waals surface area (Å²) in [5.41, 5.74) is 0. The summed E-state index contributed by atoms with van der Waals surface area (Å²) in [4.78, 5) is 0. The van der Waals surface area contributed by atoms with Gasteiger partial charge in [0.25, 0.3) is 0 Å². The van der Waals surface area contributed by atoms with Gasteiger partial charge in [0, 0.05) is 0 Å². The van der Waals surface area contributed by atoms with Crippen molar-refractivity contribution < 1.29 is 0 Å². The van der Waals surface area contributed by atoms with E-state index in [1.165, 1.54) is 212 Å². The van der Waals surface area contributed by atoms with Crippen LogP contribution in [0.5, 0.6) is 0 Å². The Labute approximate surface area is 238 Å². The smallest absolute Gasteiger partial charge is 0.0414 e. The van der Waals surface area contributed by atoms with E-state index in [1.807, 2.05) is 0 Å². The second kappa shape index (κ2) is 34.0. The molecule has 0 aromatic rings. The number of hydrogen-bond acceptors (Lipinski definition) is 0. The van der Waals surface area contributed by atoms with Gasteiger partial charge in [0.1, 0.15) is 0 Å². The Balaban J connectivity index is 3.68. The van der Waals surface area contributed by atoms with E-state index in [2.05, 4.69) is 20.8 Å². The molecule has 0 aromatic heterocycles. The molecule has 0 radical (unpaired) electrons. The van der Waals surface area contributed by atoms with Crippen molar-refractivity contribution in [1.82, 2.24) is 0 Å². The van der Waals surface area contributed by atoms with Crippen molar-refractivity contribution in [3.05, 3.63) is 0 Å². The first-order valence-electron chi connectivity index (χ1n) is 18.3. The van der Waals surface area contributed by atoms with Crippen LogP contribution in [0.1, 0.15) is 233 Å². The van der Waals surface area contributed by atoms with Crippen LogP contribution in [0.3, 0.4) is 0 Å². The molecule has 0 saturated heterocycles. The molecular formula is C37H76. The van der Waals surface area contributed by atoms with Crippen LogP contribution in [0.15, 0.2) is 0 Å². The van der Waals surface area contributed by atoms with Crippen LogP contribution in [-0.2, 0) is 0 Å². The van der Waals surface area contributed by atoms with E-state index in [4.69, 9.17) is 0 Å². The third-order valence-corrected chi connectivity index (χ3v) is 8.90. The van der Waals surface area contributed by atoms with Gasteiger partial charge in [-0.1, -0.05) is 233 Å². The Morgan fingerprint density at radius 2 is 0.378 bits per heavy atom. The molecule has 0 fully saturated rings. The lowest BCUT2D eigenvalue weighted by atomic mass is 9.89. The normalized spacial score (nSPS) is 12.4. The molecule has 0 spiro atoms. The van der Waals surface area contributed by atoms with Gasteiger partial charge in [-0.15, -0.1) is 0 Å². The molecule has 0 aliphatic rings. The van der Waals surface area contributed by atoms with Crippen LogP contribution in [0, 0.1) is 5.92 Å². The van der Waals surface area contributed by atoms with E-state index in [0.717, 1.165) is 5.92 Å². The highest BCUT2D eigenvalue weighted by molar-refractivity contribution is 4.62. The van der Waals surface area contributed by atoms with Crippen LogP contribution >= 0.6 is 0 Å². The Bertz CT molecular complexity index is 372. The predicted molar refractivity (Wildman–Crippen MR) is 173 cm³/mol. The Morgan fingerprint density at radius 1 is 0.216 bits per heavy atom. The van der Waals surface area contributed by atoms with Gasteiger partial charge >= 0.3 is 0 Å². The highest BCUT2D eigenvalue weighted by Gasteiger charge is 2.09. The van der Waals surface area contributed by atoms with E-state index >= 15 is 0 Å². The van der Waals surface area contributed by atoms with Gasteiger partial charge in [0.15, 0.2) is 0 Å². The molecule has 1 unspecified atom stereocenters. The van der Waals surface area contributed by atoms with Crippen molar-refractivity contribution in [1.29, 1.82) is 0 Å². The van der Waals surface area contributed by atoms with Gasteiger partial charge in [0.2, 0.25) is 0 Å². The second-order valence-electron chi connectivity index (χ2n) is 12.8. The van der Waals surface area contributed by atoms with Crippen LogP contribution in [-0.4, -0.2) is 0 Å². The minimum atomic E-state index is 1.04. The summed E-state index contributed by atoms with van der Waals surface area (Å²) < 4.78 is 0. The molecule has 0 aliphatic heterocycles. The van der Waals surface area contributed by atoms with E-state index in [9.17, 15) is 0 Å². The summed E-state index contributed by atoms with van der Waals surface area (Å²) in [6.07, 6.45) is 48.8. The highest BCUT2D eigenvalue weighted by atomic mass is 14.1. The van der Waals surface area contributed by atoms with Gasteiger partial charge < -0.3 is 0 Å². The molecule has 0 heteroatoms. The summed E-state index contributed by atoms with van der Waals surface area (Å²) in [6.45, 7) is 6.97. The largest absolute Gasteiger partial charge is 0.0654 e. The van der Waals surface area contributed by atoms with E-state index in [1.54, 1.807) is 0 Å². The second-order valence-corrected chi connectivity index (χ2v) is 12.8. The fraction of sp³-hybridized carbons (Fsp3) is 1.00. The predicted octanol–water partition coefficient (Wildman–Crippen LogP) is 14.5. The Kier molecular flexibility index (Phi) is 34.0. The summed E-state index contributed by atoms with van der Waals surface area (Å²) in [5, 5.41) is 0. The SMILES string of the molecule is CCCCCCCCCCCCCCCCCCC(CCCCCCCC)CCCCCCCCCC. The molecular weight excluding hydrogens is 444 g/mol. The summed E-state index contributed by atoms with van der Waals surface area (Å²) in [7, 11) is 0. The molecule has 0 saturated carbocycles. The molecule has 37 heavy (non-hydrogen) atoms. The molecule has 0 heterocycles. The van der Waals surface area contributed by atoms with Crippen molar-refractivity contribution in [3.63, 3.8) is 0 Å². The maximum atomic E-state index is 2.33. The average molecular weight is 521 g/mol. The standard InChI is InChI=1S/C37H76/c1-4-7-10-13-16-18-19-20-21-22-23-24-25-27-30-33-36-37(34-31-28-15-12-9-6-3)35-32-29-26-17-14-11-8-5-2/h37H,4-36H2,1-3H3. The third kappa shape index (κ3) is 32.1. The molecule has 1 atom stereocenters. The van der Waals surface area contributed by atoms with Gasteiger partial charge in [-0.05, 0) is 5.92 Å². The van der Waals surface area contributed by atoms with E-state index in [-0.39, 0.29) is 0 Å². The molecule has 0 amide bonds. The van der Waals surface area contributed by atoms with Crippen LogP contribution in [0.25, 0.3) is 0 Å². The van der Waals surface area contributed by atoms with Crippen LogP contribution in [0.2, 0.25) is 0 Å². The zero-order chi connectivity index (χ0) is 26.9. The van der Waals surface area contributed by atoms with Crippen molar-refractivity contribution in [3.8, 4) is 0 Å². The van der Waals surface area contributed by atoms with Crippen molar-refractivity contribution in [2.24, 2.45) is 5.92 Å². The molecule has 0 N–H and O–H groups in total. The summed E-state index contributed by atoms with van der Waals surface area (Å²) in [6, 6.07) is 0. The zero-order valence-corrected chi connectivity index (χ0v) is 26.9. The number of unbranched alkanes of at least 4 members (excludes halogenated alkanes) is 27. The van der Waals surface area contributed by atoms with Gasteiger partial charge in [-0.2, -0.15) is 0 Å². The molecule has 224 valence electrons. The minimum absolute atomic E-state index is 1.04. The van der Waals surface area contributed by atoms with Gasteiger partial charge in [0.05, 0.1) is 0 Å². The van der Waals surface area contributed by atoms with Crippen molar-refractivity contribution in [2.45, 2.75) is 233 Å². The van der Waals surface area contributed by atoms with Crippen LogP contribution < -0.4 is 0 Å². The third-order valence-electron chi connectivity index (χ3n) is 8.90. The molecule has 0 nitrogen and oxygen atoms in total. The maximum absolute atomic E-state index is 2.33. The maximum Gasteiger partial charge on any atom is -0.0414 e. The first-order chi connectivity index (χ1) is 18.3. The lowest BCUT2D eigenvalue weighted by Gasteiger charge is -2.17.